The van der Waals surface area contributed by atoms with Crippen LogP contribution in [0.3, 0.4) is 0 Å². The molecule has 3 nitrogen and oxygen atoms in total. The molecule has 0 saturated heterocycles. The van der Waals surface area contributed by atoms with Crippen LogP contribution < -0.4 is 5.73 Å². The van der Waals surface area contributed by atoms with Crippen LogP contribution in [0.15, 0.2) is 59.1 Å². The van der Waals surface area contributed by atoms with Gasteiger partial charge in [-0.1, -0.05) is 58.4 Å². The second-order valence-electron chi connectivity index (χ2n) is 5.06. The van der Waals surface area contributed by atoms with Gasteiger partial charge in [-0.15, -0.1) is 0 Å². The summed E-state index contributed by atoms with van der Waals surface area (Å²) in [6, 6.07) is 17.5. The summed E-state index contributed by atoms with van der Waals surface area (Å²) in [5.41, 5.74) is 6.49. The van der Waals surface area contributed by atoms with Crippen molar-refractivity contribution in [2.24, 2.45) is 5.73 Å². The van der Waals surface area contributed by atoms with Gasteiger partial charge in [-0.3, -0.25) is 0 Å². The monoisotopic (exact) mass is 349 g/mol. The molecule has 0 radical (unpaired) electrons. The van der Waals surface area contributed by atoms with E-state index in [2.05, 4.69) is 15.9 Å². The minimum atomic E-state index is -1.04. The van der Waals surface area contributed by atoms with Gasteiger partial charge in [-0.2, -0.15) is 0 Å². The molecule has 0 amide bonds. The topological polar surface area (TPSA) is 55.5 Å². The molecule has 3 N–H and O–H groups in total. The molecule has 0 saturated carbocycles. The van der Waals surface area contributed by atoms with E-state index in [-0.39, 0.29) is 6.61 Å². The summed E-state index contributed by atoms with van der Waals surface area (Å²) in [7, 11) is 0. The maximum atomic E-state index is 10.8. The van der Waals surface area contributed by atoms with E-state index in [0.29, 0.717) is 19.6 Å². The lowest BCUT2D eigenvalue weighted by Gasteiger charge is -2.28. The lowest BCUT2D eigenvalue weighted by Crippen LogP contribution is -2.34. The summed E-state index contributed by atoms with van der Waals surface area (Å²) in [5.74, 6) is 0. The number of benzene rings is 2. The summed E-state index contributed by atoms with van der Waals surface area (Å²) in [4.78, 5) is 0. The van der Waals surface area contributed by atoms with Gasteiger partial charge >= 0.3 is 0 Å². The largest absolute Gasteiger partial charge is 0.383 e. The van der Waals surface area contributed by atoms with Crippen LogP contribution in [-0.4, -0.2) is 18.3 Å². The lowest BCUT2D eigenvalue weighted by molar-refractivity contribution is -0.0602. The van der Waals surface area contributed by atoms with Crippen LogP contribution in [0.25, 0.3) is 0 Å². The Labute approximate surface area is 133 Å². The van der Waals surface area contributed by atoms with Gasteiger partial charge in [0.15, 0.2) is 0 Å². The zero-order valence-electron chi connectivity index (χ0n) is 11.8. The molecular weight excluding hydrogens is 330 g/mol. The highest BCUT2D eigenvalue weighted by atomic mass is 79.9. The molecule has 0 spiro atoms. The van der Waals surface area contributed by atoms with Crippen molar-refractivity contribution in [3.63, 3.8) is 0 Å². The van der Waals surface area contributed by atoms with Crippen molar-refractivity contribution in [2.45, 2.75) is 18.6 Å². The van der Waals surface area contributed by atoms with Crippen molar-refractivity contribution in [1.29, 1.82) is 0 Å². The third-order valence-electron chi connectivity index (χ3n) is 3.37. The van der Waals surface area contributed by atoms with Crippen LogP contribution in [0.1, 0.15) is 17.5 Å². The predicted octanol–water partition coefficient (Wildman–Crippen LogP) is 3.20. The first-order valence-corrected chi connectivity index (χ1v) is 7.73. The van der Waals surface area contributed by atoms with Gasteiger partial charge in [0, 0.05) is 4.47 Å². The third-order valence-corrected chi connectivity index (χ3v) is 3.86. The minimum Gasteiger partial charge on any atom is -0.383 e. The minimum absolute atomic E-state index is 0.223. The first-order chi connectivity index (χ1) is 10.1. The highest BCUT2D eigenvalue weighted by Gasteiger charge is 2.28. The van der Waals surface area contributed by atoms with Crippen LogP contribution in [0.2, 0.25) is 0 Å². The number of nitrogens with two attached hydrogens (primary N) is 1. The second-order valence-corrected chi connectivity index (χ2v) is 5.97. The Kier molecular flexibility index (Phi) is 5.94. The highest BCUT2D eigenvalue weighted by Crippen LogP contribution is 2.25. The number of rotatable bonds is 7. The van der Waals surface area contributed by atoms with Crippen molar-refractivity contribution in [3.8, 4) is 0 Å². The predicted molar refractivity (Wildman–Crippen MR) is 87.8 cm³/mol. The molecule has 1 unspecified atom stereocenters. The van der Waals surface area contributed by atoms with Gasteiger partial charge in [0.2, 0.25) is 0 Å². The molecule has 21 heavy (non-hydrogen) atoms. The van der Waals surface area contributed by atoms with Crippen LogP contribution in [0.5, 0.6) is 0 Å². The molecule has 0 fully saturated rings. The van der Waals surface area contributed by atoms with Gasteiger partial charge in [-0.05, 0) is 36.2 Å². The summed E-state index contributed by atoms with van der Waals surface area (Å²) in [6.45, 7) is 1.09. The van der Waals surface area contributed by atoms with Gasteiger partial charge in [0.25, 0.3) is 0 Å². The zero-order chi connectivity index (χ0) is 15.1. The second kappa shape index (κ2) is 7.71. The highest BCUT2D eigenvalue weighted by molar-refractivity contribution is 9.10. The summed E-state index contributed by atoms with van der Waals surface area (Å²) >= 11 is 3.43. The first kappa shape index (κ1) is 16.2. The van der Waals surface area contributed by atoms with Gasteiger partial charge in [0.05, 0.1) is 13.2 Å². The van der Waals surface area contributed by atoms with E-state index in [4.69, 9.17) is 10.5 Å². The van der Waals surface area contributed by atoms with Gasteiger partial charge in [0.1, 0.15) is 5.60 Å². The molecule has 2 aromatic carbocycles. The van der Waals surface area contributed by atoms with E-state index in [1.54, 1.807) is 0 Å². The zero-order valence-corrected chi connectivity index (χ0v) is 13.4. The Bertz CT molecular complexity index is 562. The number of aliphatic hydroxyl groups is 1. The average molecular weight is 350 g/mol. The maximum absolute atomic E-state index is 10.8. The van der Waals surface area contributed by atoms with Crippen molar-refractivity contribution < 1.29 is 9.84 Å². The summed E-state index contributed by atoms with van der Waals surface area (Å²) in [6.07, 6.45) is 0.468. The molecule has 0 bridgehead atoms. The molecule has 0 aliphatic rings. The van der Waals surface area contributed by atoms with Gasteiger partial charge < -0.3 is 15.6 Å². The fraction of sp³-hybridized carbons (Fsp3) is 0.294. The number of hydrogen-bond acceptors (Lipinski definition) is 3. The molecule has 112 valence electrons. The quantitative estimate of drug-likeness (QED) is 0.806. The Morgan fingerprint density at radius 3 is 2.52 bits per heavy atom. The van der Waals surface area contributed by atoms with Gasteiger partial charge in [-0.25, -0.2) is 0 Å². The molecular formula is C17H20BrNO2. The fourth-order valence-corrected chi connectivity index (χ4v) is 2.70. The average Bonchev–Trinajstić information content (AvgIpc) is 2.48. The Balaban J connectivity index is 2.00. The van der Waals surface area contributed by atoms with Crippen molar-refractivity contribution in [3.05, 3.63) is 70.2 Å². The molecule has 2 rings (SSSR count). The lowest BCUT2D eigenvalue weighted by atomic mass is 9.91. The Morgan fingerprint density at radius 1 is 1.10 bits per heavy atom. The standard InChI is InChI=1S/C17H20BrNO2/c18-16-8-4-5-14(11-16)12-21-13-17(20,9-10-19)15-6-2-1-3-7-15/h1-8,11,20H,9-10,12-13,19H2. The molecule has 0 aromatic heterocycles. The summed E-state index contributed by atoms with van der Waals surface area (Å²) < 4.78 is 6.74. The van der Waals surface area contributed by atoms with Crippen LogP contribution in [-0.2, 0) is 16.9 Å². The van der Waals surface area contributed by atoms with Crippen LogP contribution in [0.4, 0.5) is 0 Å². The smallest absolute Gasteiger partial charge is 0.114 e. The van der Waals surface area contributed by atoms with Crippen molar-refractivity contribution in [1.82, 2.24) is 0 Å². The molecule has 0 aliphatic heterocycles. The van der Waals surface area contributed by atoms with E-state index in [1.807, 2.05) is 54.6 Å². The Hall–Kier alpha value is -1.20. The van der Waals surface area contributed by atoms with E-state index in [9.17, 15) is 5.11 Å². The molecule has 1 atom stereocenters. The Morgan fingerprint density at radius 2 is 1.86 bits per heavy atom. The fourth-order valence-electron chi connectivity index (χ4n) is 2.25. The molecule has 2 aromatic rings. The van der Waals surface area contributed by atoms with E-state index >= 15 is 0 Å². The number of halogens is 1. The summed E-state index contributed by atoms with van der Waals surface area (Å²) in [5, 5.41) is 10.8. The SMILES string of the molecule is NCCC(O)(COCc1cccc(Br)c1)c1ccccc1. The van der Waals surface area contributed by atoms with Crippen LogP contribution in [0, 0.1) is 0 Å². The van der Waals surface area contributed by atoms with E-state index in [1.165, 1.54) is 0 Å². The molecule has 0 aliphatic carbocycles. The number of hydrogen-bond donors (Lipinski definition) is 2. The van der Waals surface area contributed by atoms with E-state index < -0.39 is 5.60 Å². The number of ether oxygens (including phenoxy) is 1. The van der Waals surface area contributed by atoms with E-state index in [0.717, 1.165) is 15.6 Å². The van der Waals surface area contributed by atoms with Crippen LogP contribution >= 0.6 is 15.9 Å². The molecule has 0 heterocycles. The maximum Gasteiger partial charge on any atom is 0.114 e. The van der Waals surface area contributed by atoms with Crippen molar-refractivity contribution in [2.75, 3.05) is 13.2 Å². The van der Waals surface area contributed by atoms with Crippen molar-refractivity contribution >= 4 is 15.9 Å². The molecule has 4 heteroatoms. The third kappa shape index (κ3) is 4.64. The normalized spacial score (nSPS) is 13.9. The first-order valence-electron chi connectivity index (χ1n) is 6.94.